The number of rotatable bonds is 4. The van der Waals surface area contributed by atoms with Gasteiger partial charge in [0.2, 0.25) is 5.91 Å². The second kappa shape index (κ2) is 9.02. The molecule has 1 aliphatic carbocycles. The minimum atomic E-state index is -1.47. The van der Waals surface area contributed by atoms with Gasteiger partial charge in [0.15, 0.2) is 5.78 Å². The highest BCUT2D eigenvalue weighted by Crippen LogP contribution is 2.50. The first-order valence-electron chi connectivity index (χ1n) is 12.4. The van der Waals surface area contributed by atoms with Crippen LogP contribution in [0.3, 0.4) is 0 Å². The largest absolute Gasteiger partial charge is 0.398 e. The van der Waals surface area contributed by atoms with E-state index in [4.69, 9.17) is 17.2 Å². The number of thiophene rings is 2. The number of nitrogens with one attached hydrogen (secondary N) is 1. The number of ketones is 1. The van der Waals surface area contributed by atoms with E-state index in [2.05, 4.69) is 11.9 Å². The lowest BCUT2D eigenvalue weighted by molar-refractivity contribution is -0.127. The zero-order valence-electron chi connectivity index (χ0n) is 20.5. The minimum absolute atomic E-state index is 0.161. The molecule has 0 spiro atoms. The quantitative estimate of drug-likeness (QED) is 0.229. The number of carbonyl (C=O) groups excluding carboxylic acids is 3. The van der Waals surface area contributed by atoms with Crippen molar-refractivity contribution in [3.05, 3.63) is 76.0 Å². The molecule has 2 aliphatic rings. The number of likely N-dealkylation sites (tertiary alicyclic amines) is 1. The summed E-state index contributed by atoms with van der Waals surface area (Å²) in [5.41, 5.74) is 20.1. The van der Waals surface area contributed by atoms with E-state index in [1.54, 1.807) is 17.0 Å². The molecule has 1 fully saturated rings. The van der Waals surface area contributed by atoms with Gasteiger partial charge in [0, 0.05) is 45.3 Å². The van der Waals surface area contributed by atoms with Gasteiger partial charge >= 0.3 is 0 Å². The lowest BCUT2D eigenvalue weighted by Crippen LogP contribution is -2.52. The molecule has 1 aliphatic heterocycles. The molecule has 0 bridgehead atoms. The molecule has 194 valence electrons. The van der Waals surface area contributed by atoms with E-state index in [-0.39, 0.29) is 23.6 Å². The maximum absolute atomic E-state index is 14.0. The second-order valence-corrected chi connectivity index (χ2v) is 12.0. The van der Waals surface area contributed by atoms with Crippen LogP contribution in [0, 0.1) is 0 Å². The lowest BCUT2D eigenvalue weighted by atomic mass is 9.73. The second-order valence-electron chi connectivity index (χ2n) is 9.85. The fraction of sp³-hybridized carbons (Fsp3) is 0.250. The first-order chi connectivity index (χ1) is 18.2. The first kappa shape index (κ1) is 24.7. The van der Waals surface area contributed by atoms with Crippen LogP contribution in [0.1, 0.15) is 44.6 Å². The molecule has 0 saturated carbocycles. The molecular weight excluding hydrogens is 518 g/mol. The van der Waals surface area contributed by atoms with Gasteiger partial charge in [-0.2, -0.15) is 0 Å². The summed E-state index contributed by atoms with van der Waals surface area (Å²) >= 11 is 2.69. The fourth-order valence-corrected chi connectivity index (χ4v) is 8.04. The predicted octanol–water partition coefficient (Wildman–Crippen LogP) is 3.39. The van der Waals surface area contributed by atoms with Gasteiger partial charge in [-0.1, -0.05) is 30.8 Å². The van der Waals surface area contributed by atoms with E-state index in [1.165, 1.54) is 28.7 Å². The van der Waals surface area contributed by atoms with Crippen LogP contribution in [0.2, 0.25) is 0 Å². The molecule has 3 heterocycles. The Bertz CT molecular complexity index is 1620. The van der Waals surface area contributed by atoms with Crippen LogP contribution in [0.25, 0.3) is 20.2 Å². The average molecular weight is 546 g/mol. The van der Waals surface area contributed by atoms with Crippen LogP contribution in [0.5, 0.6) is 0 Å². The Morgan fingerprint density at radius 2 is 1.97 bits per heavy atom. The van der Waals surface area contributed by atoms with Crippen molar-refractivity contribution in [3.63, 3.8) is 0 Å². The van der Waals surface area contributed by atoms with Crippen molar-refractivity contribution >= 4 is 66.1 Å². The van der Waals surface area contributed by atoms with E-state index in [0.29, 0.717) is 49.7 Å². The van der Waals surface area contributed by atoms with Gasteiger partial charge in [-0.15, -0.1) is 22.7 Å². The summed E-state index contributed by atoms with van der Waals surface area (Å²) in [6.45, 7) is 4.58. The van der Waals surface area contributed by atoms with Gasteiger partial charge in [-0.05, 0) is 48.1 Å². The molecule has 7 N–H and O–H groups in total. The summed E-state index contributed by atoms with van der Waals surface area (Å²) in [4.78, 5) is 42.4. The molecular formula is C28H27N5O3S2. The number of fused-ring (bicyclic) bond motifs is 1. The Hall–Kier alpha value is -3.57. The number of Topliss-reactive ketones (excluding diaryl/α,β-unsaturated/α-hetero) is 1. The fourth-order valence-electron chi connectivity index (χ4n) is 5.66. The van der Waals surface area contributed by atoms with Gasteiger partial charge < -0.3 is 27.4 Å². The van der Waals surface area contributed by atoms with Gasteiger partial charge in [-0.3, -0.25) is 14.4 Å². The standard InChI is InChI=1S/C28H27N5O3S2/c1-2-20(34)33-11-5-7-15(13-33)32-27(36)25-22-21-16(9-10-17(29)24(21)38-25)28(31,26(35)23(22)30)19-12-14-6-3-4-8-18(14)37-19/h2-4,6,8-10,12,15,23H,1,5,7,11,13,29-31H2,(H,32,36). The average Bonchev–Trinajstić information content (AvgIpc) is 3.54. The smallest absolute Gasteiger partial charge is 0.262 e. The minimum Gasteiger partial charge on any atom is -0.398 e. The van der Waals surface area contributed by atoms with Gasteiger partial charge in [0.05, 0.1) is 15.6 Å². The highest BCUT2D eigenvalue weighted by atomic mass is 32.1. The summed E-state index contributed by atoms with van der Waals surface area (Å²) in [6, 6.07) is 12.0. The van der Waals surface area contributed by atoms with E-state index >= 15 is 0 Å². The van der Waals surface area contributed by atoms with E-state index in [0.717, 1.165) is 22.9 Å². The summed E-state index contributed by atoms with van der Waals surface area (Å²) < 4.78 is 1.71. The number of hydrogen-bond acceptors (Lipinski definition) is 8. The predicted molar refractivity (Wildman–Crippen MR) is 152 cm³/mol. The normalized spacial score (nSPS) is 23.1. The van der Waals surface area contributed by atoms with E-state index in [1.807, 2.05) is 30.3 Å². The Morgan fingerprint density at radius 1 is 1.18 bits per heavy atom. The summed E-state index contributed by atoms with van der Waals surface area (Å²) in [5.74, 6) is -0.860. The number of hydrogen-bond donors (Lipinski definition) is 4. The number of carbonyl (C=O) groups is 3. The topological polar surface area (TPSA) is 145 Å². The van der Waals surface area contributed by atoms with Crippen molar-refractivity contribution in [1.82, 2.24) is 10.2 Å². The van der Waals surface area contributed by atoms with Crippen molar-refractivity contribution in [1.29, 1.82) is 0 Å². The Balaban J connectivity index is 1.45. The Kier molecular flexibility index (Phi) is 5.88. The number of benzene rings is 2. The third-order valence-corrected chi connectivity index (χ3v) is 10.1. The molecule has 3 atom stereocenters. The van der Waals surface area contributed by atoms with Gasteiger partial charge in [0.25, 0.3) is 5.91 Å². The highest BCUT2D eigenvalue weighted by Gasteiger charge is 2.49. The summed E-state index contributed by atoms with van der Waals surface area (Å²) in [7, 11) is 0. The summed E-state index contributed by atoms with van der Waals surface area (Å²) in [5, 5.41) is 4.73. The Labute approximate surface area is 227 Å². The molecule has 38 heavy (non-hydrogen) atoms. The van der Waals surface area contributed by atoms with Crippen molar-refractivity contribution < 1.29 is 14.4 Å². The molecule has 4 aromatic rings. The molecule has 2 aromatic carbocycles. The van der Waals surface area contributed by atoms with Crippen molar-refractivity contribution in [3.8, 4) is 0 Å². The van der Waals surface area contributed by atoms with Crippen molar-refractivity contribution in [2.45, 2.75) is 30.5 Å². The zero-order chi connectivity index (χ0) is 26.8. The van der Waals surface area contributed by atoms with Gasteiger partial charge in [-0.25, -0.2) is 0 Å². The maximum Gasteiger partial charge on any atom is 0.262 e. The maximum atomic E-state index is 14.0. The van der Waals surface area contributed by atoms with Crippen LogP contribution < -0.4 is 22.5 Å². The highest BCUT2D eigenvalue weighted by molar-refractivity contribution is 7.22. The van der Waals surface area contributed by atoms with Crippen LogP contribution >= 0.6 is 22.7 Å². The van der Waals surface area contributed by atoms with Crippen LogP contribution in [0.15, 0.2) is 55.1 Å². The monoisotopic (exact) mass is 545 g/mol. The number of nitrogens with two attached hydrogens (primary N) is 3. The number of anilines is 1. The summed E-state index contributed by atoms with van der Waals surface area (Å²) in [6.07, 6.45) is 2.79. The molecule has 10 heteroatoms. The molecule has 3 unspecified atom stereocenters. The number of amides is 2. The van der Waals surface area contributed by atoms with Gasteiger partial charge in [0.1, 0.15) is 5.54 Å². The number of piperidine rings is 1. The lowest BCUT2D eigenvalue weighted by Gasteiger charge is -2.35. The molecule has 2 amide bonds. The molecule has 0 radical (unpaired) electrons. The van der Waals surface area contributed by atoms with Crippen molar-refractivity contribution in [2.24, 2.45) is 11.5 Å². The molecule has 8 nitrogen and oxygen atoms in total. The van der Waals surface area contributed by atoms with Crippen LogP contribution in [-0.2, 0) is 15.1 Å². The Morgan fingerprint density at radius 3 is 2.74 bits per heavy atom. The molecule has 2 aromatic heterocycles. The number of nitrogen functional groups attached to an aromatic ring is 1. The number of nitrogens with zero attached hydrogens (tertiary/aromatic N) is 1. The van der Waals surface area contributed by atoms with Crippen LogP contribution in [-0.4, -0.2) is 41.6 Å². The third-order valence-electron chi connectivity index (χ3n) is 7.58. The molecule has 1 saturated heterocycles. The van der Waals surface area contributed by atoms with Crippen molar-refractivity contribution in [2.75, 3.05) is 18.8 Å². The SMILES string of the molecule is C=CC(=O)N1CCCC(NC(=O)c2sc3c(N)ccc4c3c2C(N)C(=O)C4(N)c2cc3ccccc3s2)C1. The first-order valence-corrected chi connectivity index (χ1v) is 14.0. The third kappa shape index (κ3) is 3.59. The van der Waals surface area contributed by atoms with E-state index < -0.39 is 11.6 Å². The van der Waals surface area contributed by atoms with E-state index in [9.17, 15) is 14.4 Å². The molecule has 6 rings (SSSR count). The zero-order valence-corrected chi connectivity index (χ0v) is 22.2. The van der Waals surface area contributed by atoms with Crippen LogP contribution in [0.4, 0.5) is 5.69 Å².